The average Bonchev–Trinajstić information content (AvgIpc) is 2.90. The van der Waals surface area contributed by atoms with Gasteiger partial charge < -0.3 is 20.2 Å². The highest BCUT2D eigenvalue weighted by molar-refractivity contribution is 6.30. The predicted octanol–water partition coefficient (Wildman–Crippen LogP) is 6.17. The van der Waals surface area contributed by atoms with Crippen LogP contribution in [0.15, 0.2) is 107 Å². The first-order chi connectivity index (χ1) is 18.1. The molecule has 3 aromatic carbocycles. The van der Waals surface area contributed by atoms with Gasteiger partial charge >= 0.3 is 11.9 Å². The molecule has 0 fully saturated rings. The van der Waals surface area contributed by atoms with Crippen molar-refractivity contribution in [1.29, 1.82) is 0 Å². The lowest BCUT2D eigenvalue weighted by Gasteiger charge is -2.38. The molecule has 7 heteroatoms. The van der Waals surface area contributed by atoms with Crippen molar-refractivity contribution in [3.63, 3.8) is 0 Å². The zero-order valence-corrected chi connectivity index (χ0v) is 22.0. The summed E-state index contributed by atoms with van der Waals surface area (Å²) < 4.78 is 0. The smallest absolute Gasteiger partial charge is 0.334 e. The van der Waals surface area contributed by atoms with E-state index in [1.807, 2.05) is 60.7 Å². The molecule has 6 nitrogen and oxygen atoms in total. The second kappa shape index (κ2) is 11.3. The minimum absolute atomic E-state index is 0.00310. The monoisotopic (exact) mass is 531 g/mol. The summed E-state index contributed by atoms with van der Waals surface area (Å²) in [6.07, 6.45) is 0.817. The summed E-state index contributed by atoms with van der Waals surface area (Å²) in [4.78, 5) is 26.7. The minimum Gasteiger partial charge on any atom is -0.478 e. The highest BCUT2D eigenvalue weighted by Crippen LogP contribution is 2.43. The number of hydrogen-bond acceptors (Lipinski definition) is 4. The number of carboxylic acid groups (broad SMARTS) is 2. The van der Waals surface area contributed by atoms with Crippen molar-refractivity contribution in [2.24, 2.45) is 0 Å². The summed E-state index contributed by atoms with van der Waals surface area (Å²) in [6, 6.07) is 25.5. The number of benzene rings is 3. The van der Waals surface area contributed by atoms with Crippen LogP contribution in [0.2, 0.25) is 5.02 Å². The number of halogens is 1. The van der Waals surface area contributed by atoms with Gasteiger partial charge in [-0.3, -0.25) is 0 Å². The van der Waals surface area contributed by atoms with Crippen LogP contribution in [0.4, 0.5) is 0 Å². The van der Waals surface area contributed by atoms with Gasteiger partial charge in [-0.15, -0.1) is 0 Å². The number of carbonyl (C=O) groups is 2. The third kappa shape index (κ3) is 5.23. The van der Waals surface area contributed by atoms with E-state index in [4.69, 9.17) is 11.6 Å². The van der Waals surface area contributed by atoms with Gasteiger partial charge in [0.1, 0.15) is 5.60 Å². The number of rotatable bonds is 9. The number of aliphatic carboxylic acids is 2. The molecule has 0 aromatic heterocycles. The normalized spacial score (nSPS) is 14.7. The van der Waals surface area contributed by atoms with Crippen LogP contribution in [0, 0.1) is 0 Å². The summed E-state index contributed by atoms with van der Waals surface area (Å²) in [7, 11) is 0. The first kappa shape index (κ1) is 27.2. The Morgan fingerprint density at radius 3 is 1.76 bits per heavy atom. The number of hydrogen-bond donors (Lipinski definition) is 3. The van der Waals surface area contributed by atoms with Crippen LogP contribution in [0.3, 0.4) is 0 Å². The molecule has 38 heavy (non-hydrogen) atoms. The van der Waals surface area contributed by atoms with Crippen LogP contribution in [0.1, 0.15) is 49.3 Å². The predicted molar refractivity (Wildman–Crippen MR) is 147 cm³/mol. The zero-order valence-electron chi connectivity index (χ0n) is 21.3. The van der Waals surface area contributed by atoms with Gasteiger partial charge in [0.15, 0.2) is 0 Å². The molecule has 4 rings (SSSR count). The van der Waals surface area contributed by atoms with Gasteiger partial charge in [0, 0.05) is 23.0 Å². The molecule has 0 atom stereocenters. The molecule has 0 spiro atoms. The molecule has 3 aromatic rings. The van der Waals surface area contributed by atoms with Crippen LogP contribution < -0.4 is 0 Å². The fourth-order valence-electron chi connectivity index (χ4n) is 5.39. The Labute approximate surface area is 227 Å². The summed E-state index contributed by atoms with van der Waals surface area (Å²) in [6.45, 7) is 3.73. The summed E-state index contributed by atoms with van der Waals surface area (Å²) in [5, 5.41) is 32.7. The minimum atomic E-state index is -1.26. The molecule has 0 aliphatic carbocycles. The lowest BCUT2D eigenvalue weighted by molar-refractivity contribution is -0.133. The average molecular weight is 532 g/mol. The molecule has 0 saturated heterocycles. The highest BCUT2D eigenvalue weighted by Gasteiger charge is 2.39. The van der Waals surface area contributed by atoms with E-state index in [0.717, 1.165) is 11.1 Å². The maximum Gasteiger partial charge on any atom is 0.334 e. The maximum atomic E-state index is 12.5. The lowest BCUT2D eigenvalue weighted by atomic mass is 9.79. The molecule has 0 bridgehead atoms. The van der Waals surface area contributed by atoms with Gasteiger partial charge in [-0.2, -0.15) is 0 Å². The maximum absolute atomic E-state index is 12.5. The van der Waals surface area contributed by atoms with E-state index < -0.39 is 23.5 Å². The summed E-state index contributed by atoms with van der Waals surface area (Å²) >= 11 is 6.17. The Bertz CT molecular complexity index is 1320. The highest BCUT2D eigenvalue weighted by atomic mass is 35.5. The van der Waals surface area contributed by atoms with E-state index in [1.165, 1.54) is 0 Å². The molecule has 1 aliphatic rings. The zero-order chi connectivity index (χ0) is 27.4. The molecule has 196 valence electrons. The van der Waals surface area contributed by atoms with Crippen molar-refractivity contribution < 1.29 is 24.9 Å². The summed E-state index contributed by atoms with van der Waals surface area (Å²) in [5.74, 6) is -3.34. The van der Waals surface area contributed by atoms with Crippen LogP contribution in [-0.4, -0.2) is 38.7 Å². The molecule has 0 unspecified atom stereocenters. The summed E-state index contributed by atoms with van der Waals surface area (Å²) in [5.41, 5.74) is 1.68. The SMILES string of the molecule is CC1=C(C(=O)O)C(c2cccc(Cl)c2)C(C(=O)O)=C(C)N1CCCC(O)(c1ccccc1)c1ccccc1. The quantitative estimate of drug-likeness (QED) is 0.305. The first-order valence-corrected chi connectivity index (χ1v) is 12.8. The second-order valence-electron chi connectivity index (χ2n) is 9.44. The molecule has 3 N–H and O–H groups in total. The van der Waals surface area contributed by atoms with Crippen molar-refractivity contribution in [3.05, 3.63) is 129 Å². The third-order valence-electron chi connectivity index (χ3n) is 7.23. The lowest BCUT2D eigenvalue weighted by Crippen LogP contribution is -2.36. The number of aliphatic hydroxyl groups is 1. The molecule has 0 amide bonds. The molecule has 0 radical (unpaired) electrons. The van der Waals surface area contributed by atoms with Crippen molar-refractivity contribution in [2.45, 2.75) is 38.2 Å². The van der Waals surface area contributed by atoms with Crippen LogP contribution >= 0.6 is 11.6 Å². The van der Waals surface area contributed by atoms with Gasteiger partial charge in [0.2, 0.25) is 0 Å². The fraction of sp³-hybridized carbons (Fsp3) is 0.226. The van der Waals surface area contributed by atoms with Crippen LogP contribution in [-0.2, 0) is 15.2 Å². The van der Waals surface area contributed by atoms with E-state index in [1.54, 1.807) is 43.0 Å². The van der Waals surface area contributed by atoms with Crippen LogP contribution in [0.25, 0.3) is 0 Å². The van der Waals surface area contributed by atoms with Crippen LogP contribution in [0.5, 0.6) is 0 Å². The van der Waals surface area contributed by atoms with Gasteiger partial charge in [0.25, 0.3) is 0 Å². The Morgan fingerprint density at radius 1 is 0.816 bits per heavy atom. The van der Waals surface area contributed by atoms with Gasteiger partial charge in [-0.25, -0.2) is 9.59 Å². The van der Waals surface area contributed by atoms with Gasteiger partial charge in [0.05, 0.1) is 17.1 Å². The van der Waals surface area contributed by atoms with Crippen molar-refractivity contribution >= 4 is 23.5 Å². The van der Waals surface area contributed by atoms with E-state index in [9.17, 15) is 24.9 Å². The topological polar surface area (TPSA) is 98.1 Å². The molecule has 1 heterocycles. The van der Waals surface area contributed by atoms with E-state index >= 15 is 0 Å². The third-order valence-corrected chi connectivity index (χ3v) is 7.47. The van der Waals surface area contributed by atoms with E-state index in [0.29, 0.717) is 41.4 Å². The van der Waals surface area contributed by atoms with E-state index in [-0.39, 0.29) is 11.1 Å². The Balaban J connectivity index is 1.70. The van der Waals surface area contributed by atoms with Gasteiger partial charge in [-0.1, -0.05) is 84.4 Å². The Kier molecular flexibility index (Phi) is 8.05. The Morgan fingerprint density at radius 2 is 1.32 bits per heavy atom. The van der Waals surface area contributed by atoms with Crippen molar-refractivity contribution in [1.82, 2.24) is 4.90 Å². The Hall–Kier alpha value is -3.87. The molecular weight excluding hydrogens is 502 g/mol. The number of carboxylic acids is 2. The fourth-order valence-corrected chi connectivity index (χ4v) is 5.59. The first-order valence-electron chi connectivity index (χ1n) is 12.4. The number of allylic oxidation sites excluding steroid dienone is 2. The van der Waals surface area contributed by atoms with Crippen molar-refractivity contribution in [2.75, 3.05) is 6.54 Å². The molecule has 1 aliphatic heterocycles. The molecular formula is C31H30ClNO5. The standard InChI is InChI=1S/C31H30ClNO5/c1-20-26(29(34)35)28(22-11-9-16-25(32)19-22)27(30(36)37)21(2)33(20)18-10-17-31(38,23-12-5-3-6-13-23)24-14-7-4-8-15-24/h3-9,11-16,19,28,38H,10,17-18H2,1-2H3,(H,34,35)(H,36,37). The largest absolute Gasteiger partial charge is 0.478 e. The second-order valence-corrected chi connectivity index (χ2v) is 9.88. The number of nitrogens with zero attached hydrogens (tertiary/aromatic N) is 1. The van der Waals surface area contributed by atoms with E-state index in [2.05, 4.69) is 0 Å². The van der Waals surface area contributed by atoms with Crippen molar-refractivity contribution in [3.8, 4) is 0 Å². The molecule has 0 saturated carbocycles. The van der Waals surface area contributed by atoms with Gasteiger partial charge in [-0.05, 0) is 55.5 Å².